The lowest BCUT2D eigenvalue weighted by atomic mass is 10.0. The van der Waals surface area contributed by atoms with E-state index in [9.17, 15) is 5.11 Å². The van der Waals surface area contributed by atoms with Crippen LogP contribution in [0.3, 0.4) is 0 Å². The van der Waals surface area contributed by atoms with Crippen molar-refractivity contribution in [2.24, 2.45) is 0 Å². The standard InChI is InChI=1S/C10H14O3/c1-6-7(2)10(12)9(13-3)4-8(6)5-11/h4,11-12H,5H2,1-3H3. The van der Waals surface area contributed by atoms with E-state index in [0.717, 1.165) is 16.7 Å². The summed E-state index contributed by atoms with van der Waals surface area (Å²) >= 11 is 0. The third-order valence-corrected chi connectivity index (χ3v) is 2.33. The summed E-state index contributed by atoms with van der Waals surface area (Å²) in [5.74, 6) is 0.560. The van der Waals surface area contributed by atoms with Gasteiger partial charge in [-0.25, -0.2) is 0 Å². The van der Waals surface area contributed by atoms with E-state index in [1.807, 2.05) is 6.92 Å². The van der Waals surface area contributed by atoms with Gasteiger partial charge in [-0.1, -0.05) is 0 Å². The maximum absolute atomic E-state index is 9.59. The summed E-state index contributed by atoms with van der Waals surface area (Å²) in [5.41, 5.74) is 2.44. The molecule has 0 saturated heterocycles. The Morgan fingerprint density at radius 2 is 1.92 bits per heavy atom. The summed E-state index contributed by atoms with van der Waals surface area (Å²) in [6.07, 6.45) is 0. The number of aliphatic hydroxyl groups excluding tert-OH is 1. The van der Waals surface area contributed by atoms with E-state index in [4.69, 9.17) is 9.84 Å². The maximum atomic E-state index is 9.59. The van der Waals surface area contributed by atoms with Crippen molar-refractivity contribution in [3.8, 4) is 11.5 Å². The van der Waals surface area contributed by atoms with E-state index in [2.05, 4.69) is 0 Å². The predicted molar refractivity (Wildman–Crippen MR) is 50.1 cm³/mol. The molecule has 0 aliphatic heterocycles. The molecule has 3 heteroatoms. The lowest BCUT2D eigenvalue weighted by molar-refractivity contribution is 0.279. The van der Waals surface area contributed by atoms with Crippen molar-refractivity contribution in [1.29, 1.82) is 0 Å². The molecule has 72 valence electrons. The van der Waals surface area contributed by atoms with Crippen LogP contribution >= 0.6 is 0 Å². The first-order valence-electron chi connectivity index (χ1n) is 4.08. The summed E-state index contributed by atoms with van der Waals surface area (Å²) in [6, 6.07) is 1.65. The van der Waals surface area contributed by atoms with Crippen LogP contribution in [0.15, 0.2) is 6.07 Å². The first-order valence-corrected chi connectivity index (χ1v) is 4.08. The quantitative estimate of drug-likeness (QED) is 0.728. The normalized spacial score (nSPS) is 10.2. The van der Waals surface area contributed by atoms with Gasteiger partial charge in [-0.05, 0) is 36.6 Å². The van der Waals surface area contributed by atoms with Gasteiger partial charge in [0.25, 0.3) is 0 Å². The molecule has 0 amide bonds. The van der Waals surface area contributed by atoms with E-state index in [-0.39, 0.29) is 12.4 Å². The van der Waals surface area contributed by atoms with Crippen molar-refractivity contribution in [3.63, 3.8) is 0 Å². The van der Waals surface area contributed by atoms with Gasteiger partial charge in [0.2, 0.25) is 0 Å². The largest absolute Gasteiger partial charge is 0.504 e. The molecule has 0 aliphatic carbocycles. The Labute approximate surface area is 77.6 Å². The van der Waals surface area contributed by atoms with Crippen molar-refractivity contribution in [2.45, 2.75) is 20.5 Å². The number of phenols is 1. The number of aliphatic hydroxyl groups is 1. The van der Waals surface area contributed by atoms with Gasteiger partial charge in [0.15, 0.2) is 11.5 Å². The highest BCUT2D eigenvalue weighted by Gasteiger charge is 2.10. The fourth-order valence-electron chi connectivity index (χ4n) is 1.26. The Morgan fingerprint density at radius 1 is 1.31 bits per heavy atom. The highest BCUT2D eigenvalue weighted by atomic mass is 16.5. The molecule has 2 N–H and O–H groups in total. The first kappa shape index (κ1) is 9.86. The average Bonchev–Trinajstić information content (AvgIpc) is 2.15. The van der Waals surface area contributed by atoms with Gasteiger partial charge in [-0.2, -0.15) is 0 Å². The monoisotopic (exact) mass is 182 g/mol. The molecule has 1 rings (SSSR count). The van der Waals surface area contributed by atoms with Crippen molar-refractivity contribution in [3.05, 3.63) is 22.8 Å². The topological polar surface area (TPSA) is 49.7 Å². The Hall–Kier alpha value is -1.22. The van der Waals surface area contributed by atoms with Crippen LogP contribution in [0.25, 0.3) is 0 Å². The Bertz CT molecular complexity index is 290. The lowest BCUT2D eigenvalue weighted by Crippen LogP contribution is -1.95. The van der Waals surface area contributed by atoms with Gasteiger partial charge in [-0.3, -0.25) is 0 Å². The van der Waals surface area contributed by atoms with Gasteiger partial charge in [-0.15, -0.1) is 0 Å². The molecule has 0 unspecified atom stereocenters. The van der Waals surface area contributed by atoms with E-state index in [0.29, 0.717) is 5.75 Å². The Balaban J connectivity index is 3.36. The molecule has 0 fully saturated rings. The number of hydrogen-bond donors (Lipinski definition) is 2. The second-order valence-corrected chi connectivity index (χ2v) is 2.99. The van der Waals surface area contributed by atoms with Crippen LogP contribution in [-0.2, 0) is 6.61 Å². The van der Waals surface area contributed by atoms with Crippen LogP contribution in [0.2, 0.25) is 0 Å². The Kier molecular flexibility index (Phi) is 2.78. The van der Waals surface area contributed by atoms with Gasteiger partial charge < -0.3 is 14.9 Å². The van der Waals surface area contributed by atoms with Crippen LogP contribution < -0.4 is 4.74 Å². The third-order valence-electron chi connectivity index (χ3n) is 2.33. The zero-order chi connectivity index (χ0) is 10.0. The summed E-state index contributed by atoms with van der Waals surface area (Å²) in [6.45, 7) is 3.62. The Morgan fingerprint density at radius 3 is 2.38 bits per heavy atom. The number of rotatable bonds is 2. The zero-order valence-corrected chi connectivity index (χ0v) is 8.09. The molecule has 0 spiro atoms. The molecule has 0 heterocycles. The average molecular weight is 182 g/mol. The van der Waals surface area contributed by atoms with Gasteiger partial charge in [0.1, 0.15) is 0 Å². The molecular weight excluding hydrogens is 168 g/mol. The second-order valence-electron chi connectivity index (χ2n) is 2.99. The van der Waals surface area contributed by atoms with Gasteiger partial charge in [0, 0.05) is 0 Å². The minimum Gasteiger partial charge on any atom is -0.504 e. The van der Waals surface area contributed by atoms with Crippen molar-refractivity contribution in [2.75, 3.05) is 7.11 Å². The van der Waals surface area contributed by atoms with Crippen molar-refractivity contribution < 1.29 is 14.9 Å². The maximum Gasteiger partial charge on any atom is 0.161 e. The number of phenolic OH excluding ortho intramolecular Hbond substituents is 1. The fraction of sp³-hybridized carbons (Fsp3) is 0.400. The van der Waals surface area contributed by atoms with E-state index >= 15 is 0 Å². The van der Waals surface area contributed by atoms with E-state index in [1.54, 1.807) is 13.0 Å². The van der Waals surface area contributed by atoms with Gasteiger partial charge >= 0.3 is 0 Å². The zero-order valence-electron chi connectivity index (χ0n) is 8.09. The molecule has 0 bridgehead atoms. The summed E-state index contributed by atoms with van der Waals surface area (Å²) in [5, 5.41) is 18.6. The van der Waals surface area contributed by atoms with Crippen LogP contribution in [0.5, 0.6) is 11.5 Å². The minimum atomic E-state index is -0.0384. The molecule has 0 saturated carbocycles. The summed E-state index contributed by atoms with van der Waals surface area (Å²) < 4.78 is 4.96. The molecule has 3 nitrogen and oxygen atoms in total. The second kappa shape index (κ2) is 3.66. The SMILES string of the molecule is COc1cc(CO)c(C)c(C)c1O. The molecular formula is C10H14O3. The molecule has 0 atom stereocenters. The molecule has 1 aromatic rings. The summed E-state index contributed by atoms with van der Waals surface area (Å²) in [7, 11) is 1.49. The third kappa shape index (κ3) is 1.60. The molecule has 1 aromatic carbocycles. The van der Waals surface area contributed by atoms with Crippen LogP contribution in [0.1, 0.15) is 16.7 Å². The molecule has 0 aromatic heterocycles. The molecule has 0 radical (unpaired) electrons. The van der Waals surface area contributed by atoms with E-state index in [1.165, 1.54) is 7.11 Å². The number of methoxy groups -OCH3 is 1. The van der Waals surface area contributed by atoms with E-state index < -0.39 is 0 Å². The number of ether oxygens (including phenoxy) is 1. The molecule has 13 heavy (non-hydrogen) atoms. The molecule has 0 aliphatic rings. The smallest absolute Gasteiger partial charge is 0.161 e. The van der Waals surface area contributed by atoms with Crippen molar-refractivity contribution >= 4 is 0 Å². The number of aromatic hydroxyl groups is 1. The lowest BCUT2D eigenvalue weighted by Gasteiger charge is -2.12. The number of hydrogen-bond acceptors (Lipinski definition) is 3. The van der Waals surface area contributed by atoms with Crippen molar-refractivity contribution in [1.82, 2.24) is 0 Å². The number of benzene rings is 1. The summed E-state index contributed by atoms with van der Waals surface area (Å²) in [4.78, 5) is 0. The highest BCUT2D eigenvalue weighted by Crippen LogP contribution is 2.33. The highest BCUT2D eigenvalue weighted by molar-refractivity contribution is 5.52. The van der Waals surface area contributed by atoms with Crippen LogP contribution in [-0.4, -0.2) is 17.3 Å². The minimum absolute atomic E-state index is 0.0384. The van der Waals surface area contributed by atoms with Crippen LogP contribution in [0.4, 0.5) is 0 Å². The van der Waals surface area contributed by atoms with Gasteiger partial charge in [0.05, 0.1) is 13.7 Å². The first-order chi connectivity index (χ1) is 6.11. The predicted octanol–water partition coefficient (Wildman–Crippen LogP) is 1.51. The fourth-order valence-corrected chi connectivity index (χ4v) is 1.26. The van der Waals surface area contributed by atoms with Crippen LogP contribution in [0, 0.1) is 13.8 Å².